The van der Waals surface area contributed by atoms with Crippen molar-refractivity contribution in [2.45, 2.75) is 70.9 Å². The molecule has 2 aliphatic rings. The zero-order chi connectivity index (χ0) is 13.1. The van der Waals surface area contributed by atoms with Gasteiger partial charge in [0, 0.05) is 24.5 Å². The third kappa shape index (κ3) is 3.05. The van der Waals surface area contributed by atoms with Gasteiger partial charge in [0.1, 0.15) is 0 Å². The van der Waals surface area contributed by atoms with Crippen LogP contribution in [0, 0.1) is 11.8 Å². The lowest BCUT2D eigenvalue weighted by Crippen LogP contribution is -2.46. The van der Waals surface area contributed by atoms with E-state index in [-0.39, 0.29) is 5.92 Å². The van der Waals surface area contributed by atoms with Gasteiger partial charge in [0.2, 0.25) is 5.91 Å². The van der Waals surface area contributed by atoms with Crippen LogP contribution >= 0.6 is 0 Å². The predicted molar refractivity (Wildman–Crippen MR) is 74.1 cm³/mol. The van der Waals surface area contributed by atoms with Gasteiger partial charge >= 0.3 is 0 Å². The molecule has 2 fully saturated rings. The molecular formula is C15H28N2O. The van der Waals surface area contributed by atoms with E-state index < -0.39 is 0 Å². The summed E-state index contributed by atoms with van der Waals surface area (Å²) >= 11 is 0. The molecule has 1 saturated heterocycles. The van der Waals surface area contributed by atoms with Gasteiger partial charge in [-0.15, -0.1) is 0 Å². The van der Waals surface area contributed by atoms with Crippen LogP contribution in [-0.2, 0) is 4.79 Å². The standard InChI is InChI=1S/C15H28N2O/c1-11-10-13(16)7-8-14(11)15(18)17-9-5-3-4-6-12(17)2/h11-14H,3-10,16H2,1-2H3. The highest BCUT2D eigenvalue weighted by Crippen LogP contribution is 2.32. The summed E-state index contributed by atoms with van der Waals surface area (Å²) in [7, 11) is 0. The van der Waals surface area contributed by atoms with E-state index in [4.69, 9.17) is 5.73 Å². The van der Waals surface area contributed by atoms with E-state index in [1.165, 1.54) is 25.7 Å². The molecule has 18 heavy (non-hydrogen) atoms. The first-order valence-corrected chi connectivity index (χ1v) is 7.65. The monoisotopic (exact) mass is 252 g/mol. The van der Waals surface area contributed by atoms with Crippen LogP contribution in [0.4, 0.5) is 0 Å². The van der Waals surface area contributed by atoms with Crippen LogP contribution in [0.2, 0.25) is 0 Å². The number of hydrogen-bond donors (Lipinski definition) is 1. The number of rotatable bonds is 1. The highest BCUT2D eigenvalue weighted by atomic mass is 16.2. The maximum Gasteiger partial charge on any atom is 0.226 e. The number of carbonyl (C=O) groups excluding carboxylic acids is 1. The molecule has 0 bridgehead atoms. The summed E-state index contributed by atoms with van der Waals surface area (Å²) in [4.78, 5) is 14.9. The lowest BCUT2D eigenvalue weighted by Gasteiger charge is -2.37. The van der Waals surface area contributed by atoms with Gasteiger partial charge in [0.05, 0.1) is 0 Å². The predicted octanol–water partition coefficient (Wildman–Crippen LogP) is 2.54. The minimum absolute atomic E-state index is 0.227. The van der Waals surface area contributed by atoms with Crippen LogP contribution in [0.5, 0.6) is 0 Å². The van der Waals surface area contributed by atoms with Crippen molar-refractivity contribution in [3.63, 3.8) is 0 Å². The molecule has 1 aliphatic heterocycles. The summed E-state index contributed by atoms with van der Waals surface area (Å²) in [5.41, 5.74) is 5.99. The lowest BCUT2D eigenvalue weighted by molar-refractivity contribution is -0.140. The van der Waals surface area contributed by atoms with Crippen LogP contribution < -0.4 is 5.73 Å². The van der Waals surface area contributed by atoms with Gasteiger partial charge in [-0.2, -0.15) is 0 Å². The number of nitrogens with zero attached hydrogens (tertiary/aromatic N) is 1. The van der Waals surface area contributed by atoms with Crippen LogP contribution in [0.25, 0.3) is 0 Å². The highest BCUT2D eigenvalue weighted by molar-refractivity contribution is 5.79. The molecule has 104 valence electrons. The van der Waals surface area contributed by atoms with E-state index >= 15 is 0 Å². The topological polar surface area (TPSA) is 46.3 Å². The molecule has 2 rings (SSSR count). The molecule has 1 heterocycles. The minimum Gasteiger partial charge on any atom is -0.340 e. The Kier molecular flexibility index (Phi) is 4.66. The number of nitrogens with two attached hydrogens (primary N) is 1. The van der Waals surface area contributed by atoms with Gasteiger partial charge < -0.3 is 10.6 Å². The van der Waals surface area contributed by atoms with Crippen LogP contribution in [0.3, 0.4) is 0 Å². The fraction of sp³-hybridized carbons (Fsp3) is 0.933. The molecule has 3 heteroatoms. The largest absolute Gasteiger partial charge is 0.340 e. The summed E-state index contributed by atoms with van der Waals surface area (Å²) < 4.78 is 0. The maximum absolute atomic E-state index is 12.7. The summed E-state index contributed by atoms with van der Waals surface area (Å²) in [5.74, 6) is 1.09. The Hall–Kier alpha value is -0.570. The zero-order valence-electron chi connectivity index (χ0n) is 11.9. The quantitative estimate of drug-likeness (QED) is 0.779. The summed E-state index contributed by atoms with van der Waals surface area (Å²) in [6, 6.07) is 0.744. The Labute approximate surface area is 111 Å². The van der Waals surface area contributed by atoms with Crippen molar-refractivity contribution >= 4 is 5.91 Å². The van der Waals surface area contributed by atoms with Crippen molar-refractivity contribution in [2.24, 2.45) is 17.6 Å². The SMILES string of the molecule is CC1CC(N)CCC1C(=O)N1CCCCCC1C. The highest BCUT2D eigenvalue weighted by Gasteiger charge is 2.35. The van der Waals surface area contributed by atoms with Gasteiger partial charge in [0.15, 0.2) is 0 Å². The molecule has 4 unspecified atom stereocenters. The first-order valence-electron chi connectivity index (χ1n) is 7.65. The Morgan fingerprint density at radius 3 is 2.61 bits per heavy atom. The van der Waals surface area contributed by atoms with Crippen molar-refractivity contribution < 1.29 is 4.79 Å². The molecule has 0 spiro atoms. The van der Waals surface area contributed by atoms with Gasteiger partial charge in [-0.05, 0) is 44.9 Å². The van der Waals surface area contributed by atoms with Crippen molar-refractivity contribution in [2.75, 3.05) is 6.54 Å². The average molecular weight is 252 g/mol. The third-order valence-corrected chi connectivity index (χ3v) is 4.86. The second kappa shape index (κ2) is 6.05. The van der Waals surface area contributed by atoms with Crippen molar-refractivity contribution in [1.29, 1.82) is 0 Å². The van der Waals surface area contributed by atoms with Crippen molar-refractivity contribution in [3.05, 3.63) is 0 Å². The second-order valence-electron chi connectivity index (χ2n) is 6.39. The normalized spacial score (nSPS) is 38.3. The van der Waals surface area contributed by atoms with E-state index in [0.717, 1.165) is 25.8 Å². The molecule has 1 amide bonds. The van der Waals surface area contributed by atoms with E-state index in [9.17, 15) is 4.79 Å². The number of hydrogen-bond acceptors (Lipinski definition) is 2. The van der Waals surface area contributed by atoms with E-state index in [1.54, 1.807) is 0 Å². The third-order valence-electron chi connectivity index (χ3n) is 4.86. The minimum atomic E-state index is 0.227. The summed E-state index contributed by atoms with van der Waals surface area (Å²) in [6.45, 7) is 5.38. The smallest absolute Gasteiger partial charge is 0.226 e. The van der Waals surface area contributed by atoms with Gasteiger partial charge in [-0.25, -0.2) is 0 Å². The van der Waals surface area contributed by atoms with Crippen LogP contribution in [-0.4, -0.2) is 29.4 Å². The molecular weight excluding hydrogens is 224 g/mol. The molecule has 0 aromatic heterocycles. The zero-order valence-corrected chi connectivity index (χ0v) is 11.9. The molecule has 1 aliphatic carbocycles. The maximum atomic E-state index is 12.7. The second-order valence-corrected chi connectivity index (χ2v) is 6.39. The fourth-order valence-corrected chi connectivity index (χ4v) is 3.62. The molecule has 4 atom stereocenters. The van der Waals surface area contributed by atoms with Crippen molar-refractivity contribution in [1.82, 2.24) is 4.90 Å². The average Bonchev–Trinajstić information content (AvgIpc) is 2.53. The summed E-state index contributed by atoms with van der Waals surface area (Å²) in [6.07, 6.45) is 7.92. The lowest BCUT2D eigenvalue weighted by atomic mass is 9.77. The van der Waals surface area contributed by atoms with Crippen molar-refractivity contribution in [3.8, 4) is 0 Å². The van der Waals surface area contributed by atoms with Crippen LogP contribution in [0.15, 0.2) is 0 Å². The van der Waals surface area contributed by atoms with Gasteiger partial charge in [0.25, 0.3) is 0 Å². The molecule has 2 N–H and O–H groups in total. The number of likely N-dealkylation sites (tertiary alicyclic amines) is 1. The van der Waals surface area contributed by atoms with E-state index in [0.29, 0.717) is 23.9 Å². The Morgan fingerprint density at radius 1 is 1.11 bits per heavy atom. The fourth-order valence-electron chi connectivity index (χ4n) is 3.62. The molecule has 3 nitrogen and oxygen atoms in total. The van der Waals surface area contributed by atoms with E-state index in [2.05, 4.69) is 18.7 Å². The molecule has 0 aromatic rings. The van der Waals surface area contributed by atoms with Gasteiger partial charge in [-0.3, -0.25) is 4.79 Å². The number of carbonyl (C=O) groups is 1. The molecule has 1 saturated carbocycles. The van der Waals surface area contributed by atoms with E-state index in [1.807, 2.05) is 0 Å². The first-order chi connectivity index (χ1) is 8.59. The molecule has 0 aromatic carbocycles. The number of amides is 1. The summed E-state index contributed by atoms with van der Waals surface area (Å²) in [5, 5.41) is 0. The van der Waals surface area contributed by atoms with Gasteiger partial charge in [-0.1, -0.05) is 19.8 Å². The Bertz CT molecular complexity index is 292. The molecule has 0 radical (unpaired) electrons. The Balaban J connectivity index is 2.00. The van der Waals surface area contributed by atoms with Crippen LogP contribution in [0.1, 0.15) is 58.8 Å². The first kappa shape index (κ1) is 13.9. The Morgan fingerprint density at radius 2 is 1.89 bits per heavy atom.